The van der Waals surface area contributed by atoms with E-state index in [1.807, 2.05) is 37.3 Å². The summed E-state index contributed by atoms with van der Waals surface area (Å²) in [6.45, 7) is 1.53. The predicted octanol–water partition coefficient (Wildman–Crippen LogP) is 5.06. The minimum Gasteiger partial charge on any atom is -0.354 e. The third-order valence-corrected chi connectivity index (χ3v) is 7.85. The molecule has 1 atom stereocenters. The van der Waals surface area contributed by atoms with E-state index < -0.39 is 40.2 Å². The highest BCUT2D eigenvalue weighted by molar-refractivity contribution is 7.92. The molecule has 0 saturated carbocycles. The molecule has 3 aromatic carbocycles. The van der Waals surface area contributed by atoms with Gasteiger partial charge in [0.25, 0.3) is 0 Å². The molecule has 208 valence electrons. The molecule has 2 amide bonds. The maximum Gasteiger partial charge on any atom is 0.244 e. The predicted molar refractivity (Wildman–Crippen MR) is 153 cm³/mol. The first-order valence-electron chi connectivity index (χ1n) is 12.3. The van der Waals surface area contributed by atoms with Gasteiger partial charge in [-0.15, -0.1) is 0 Å². The fourth-order valence-corrected chi connectivity index (χ4v) is 5.36. The van der Waals surface area contributed by atoms with Gasteiger partial charge in [0.15, 0.2) is 0 Å². The summed E-state index contributed by atoms with van der Waals surface area (Å²) >= 11 is 12.9. The molecule has 0 aliphatic carbocycles. The monoisotopic (exact) mass is 593 g/mol. The summed E-state index contributed by atoms with van der Waals surface area (Å²) < 4.78 is 39.9. The second-order valence-electron chi connectivity index (χ2n) is 8.96. The Morgan fingerprint density at radius 1 is 0.949 bits per heavy atom. The molecule has 3 rings (SSSR count). The number of halogens is 3. The Morgan fingerprint density at radius 2 is 1.56 bits per heavy atom. The van der Waals surface area contributed by atoms with Gasteiger partial charge in [-0.25, -0.2) is 12.8 Å². The summed E-state index contributed by atoms with van der Waals surface area (Å²) in [5.41, 5.74) is 1.33. The highest BCUT2D eigenvalue weighted by Gasteiger charge is 2.33. The van der Waals surface area contributed by atoms with E-state index in [2.05, 4.69) is 5.32 Å². The zero-order valence-electron chi connectivity index (χ0n) is 21.6. The van der Waals surface area contributed by atoms with Gasteiger partial charge >= 0.3 is 0 Å². The maximum absolute atomic E-state index is 14.0. The number of carbonyl (C=O) groups excluding carboxylic acids is 2. The molecule has 0 saturated heterocycles. The molecule has 0 spiro atoms. The van der Waals surface area contributed by atoms with Crippen molar-refractivity contribution >= 4 is 50.7 Å². The molecule has 0 bridgehead atoms. The highest BCUT2D eigenvalue weighted by Crippen LogP contribution is 2.28. The van der Waals surface area contributed by atoms with Crippen LogP contribution in [0.1, 0.15) is 24.5 Å². The first kappa shape index (κ1) is 30.4. The van der Waals surface area contributed by atoms with Crippen molar-refractivity contribution < 1.29 is 22.4 Å². The average molecular weight is 595 g/mol. The number of amides is 2. The summed E-state index contributed by atoms with van der Waals surface area (Å²) in [6, 6.07) is 17.8. The fourth-order valence-electron chi connectivity index (χ4n) is 3.99. The number of sulfonamides is 1. The third-order valence-electron chi connectivity index (χ3n) is 6.00. The van der Waals surface area contributed by atoms with Crippen LogP contribution in [0.25, 0.3) is 0 Å². The van der Waals surface area contributed by atoms with Gasteiger partial charge in [-0.2, -0.15) is 0 Å². The van der Waals surface area contributed by atoms with E-state index in [0.29, 0.717) is 28.6 Å². The molecular weight excluding hydrogens is 564 g/mol. The lowest BCUT2D eigenvalue weighted by Gasteiger charge is -2.34. The number of anilines is 1. The summed E-state index contributed by atoms with van der Waals surface area (Å²) in [6.07, 6.45) is 1.80. The molecule has 3 aromatic rings. The second kappa shape index (κ2) is 13.8. The van der Waals surface area contributed by atoms with Gasteiger partial charge in [-0.1, -0.05) is 66.5 Å². The van der Waals surface area contributed by atoms with Gasteiger partial charge in [-0.05, 0) is 48.4 Å². The van der Waals surface area contributed by atoms with Crippen LogP contribution < -0.4 is 9.62 Å². The Bertz CT molecular complexity index is 1370. The zero-order valence-corrected chi connectivity index (χ0v) is 23.9. The van der Waals surface area contributed by atoms with Crippen LogP contribution in [-0.2, 0) is 32.6 Å². The molecule has 0 aliphatic heterocycles. The Labute approximate surface area is 238 Å². The van der Waals surface area contributed by atoms with E-state index in [9.17, 15) is 22.4 Å². The Balaban J connectivity index is 2.08. The molecule has 1 N–H and O–H groups in total. The van der Waals surface area contributed by atoms with Crippen LogP contribution in [0.4, 0.5) is 10.1 Å². The maximum atomic E-state index is 14.0. The lowest BCUT2D eigenvalue weighted by molar-refractivity contribution is -0.140. The molecule has 0 heterocycles. The molecule has 7 nitrogen and oxygen atoms in total. The standard InChI is InChI=1S/C28H30Cl2FN3O4S/c1-3-16-32-28(36)26(17-20-8-5-4-6-9-20)33(18-23-24(29)10-7-11-25(23)30)27(35)19-34(39(2,37)38)22-14-12-21(31)13-15-22/h4-15,26H,3,16-19H2,1-2H3,(H,32,36)/t26-/m0/s1. The largest absolute Gasteiger partial charge is 0.354 e. The number of nitrogens with one attached hydrogen (secondary N) is 1. The molecule has 0 aliphatic rings. The van der Waals surface area contributed by atoms with E-state index in [-0.39, 0.29) is 18.7 Å². The number of carbonyl (C=O) groups is 2. The molecule has 0 aromatic heterocycles. The Hall–Kier alpha value is -3.14. The van der Waals surface area contributed by atoms with Crippen LogP contribution in [0, 0.1) is 5.82 Å². The third kappa shape index (κ3) is 8.42. The van der Waals surface area contributed by atoms with Gasteiger partial charge in [0.05, 0.1) is 11.9 Å². The van der Waals surface area contributed by atoms with Crippen molar-refractivity contribution in [3.63, 3.8) is 0 Å². The van der Waals surface area contributed by atoms with E-state index in [1.54, 1.807) is 18.2 Å². The van der Waals surface area contributed by atoms with Crippen LogP contribution in [0.5, 0.6) is 0 Å². The highest BCUT2D eigenvalue weighted by atomic mass is 35.5. The fraction of sp³-hybridized carbons (Fsp3) is 0.286. The molecule has 39 heavy (non-hydrogen) atoms. The van der Waals surface area contributed by atoms with Crippen LogP contribution in [0.3, 0.4) is 0 Å². The summed E-state index contributed by atoms with van der Waals surface area (Å²) in [4.78, 5) is 28.7. The summed E-state index contributed by atoms with van der Waals surface area (Å²) in [7, 11) is -3.96. The van der Waals surface area contributed by atoms with Crippen molar-refractivity contribution in [3.05, 3.63) is 99.8 Å². The molecule has 0 fully saturated rings. The van der Waals surface area contributed by atoms with E-state index >= 15 is 0 Å². The lowest BCUT2D eigenvalue weighted by atomic mass is 10.0. The lowest BCUT2D eigenvalue weighted by Crippen LogP contribution is -2.53. The SMILES string of the molecule is CCCNC(=O)[C@H](Cc1ccccc1)N(Cc1c(Cl)cccc1Cl)C(=O)CN(c1ccc(F)cc1)S(C)(=O)=O. The topological polar surface area (TPSA) is 86.8 Å². The van der Waals surface area contributed by atoms with Gasteiger partial charge in [0.2, 0.25) is 21.8 Å². The average Bonchev–Trinajstić information content (AvgIpc) is 2.89. The van der Waals surface area contributed by atoms with Crippen molar-refractivity contribution in [1.29, 1.82) is 0 Å². The van der Waals surface area contributed by atoms with Crippen LogP contribution in [-0.4, -0.2) is 50.5 Å². The van der Waals surface area contributed by atoms with Crippen molar-refractivity contribution in [3.8, 4) is 0 Å². The molecule has 11 heteroatoms. The zero-order chi connectivity index (χ0) is 28.6. The Kier molecular flexibility index (Phi) is 10.7. The summed E-state index contributed by atoms with van der Waals surface area (Å²) in [5.74, 6) is -1.61. The van der Waals surface area contributed by atoms with Crippen LogP contribution in [0.2, 0.25) is 10.0 Å². The summed E-state index contributed by atoms with van der Waals surface area (Å²) in [5, 5.41) is 3.45. The van der Waals surface area contributed by atoms with Gasteiger partial charge < -0.3 is 10.2 Å². The minimum atomic E-state index is -3.96. The van der Waals surface area contributed by atoms with Crippen molar-refractivity contribution in [2.45, 2.75) is 32.4 Å². The smallest absolute Gasteiger partial charge is 0.244 e. The van der Waals surface area contributed by atoms with Gasteiger partial charge in [0, 0.05) is 35.1 Å². The molecular formula is C28H30Cl2FN3O4S. The normalized spacial score (nSPS) is 12.0. The van der Waals surface area contributed by atoms with E-state index in [1.165, 1.54) is 17.0 Å². The van der Waals surface area contributed by atoms with Crippen LogP contribution >= 0.6 is 23.2 Å². The second-order valence-corrected chi connectivity index (χ2v) is 11.7. The first-order chi connectivity index (χ1) is 18.5. The number of hydrogen-bond donors (Lipinski definition) is 1. The van der Waals surface area contributed by atoms with Crippen molar-refractivity contribution in [2.24, 2.45) is 0 Å². The number of hydrogen-bond acceptors (Lipinski definition) is 4. The quantitative estimate of drug-likeness (QED) is 0.318. The van der Waals surface area contributed by atoms with Crippen LogP contribution in [0.15, 0.2) is 72.8 Å². The molecule has 0 unspecified atom stereocenters. The Morgan fingerprint density at radius 3 is 2.13 bits per heavy atom. The van der Waals surface area contributed by atoms with Gasteiger partial charge in [-0.3, -0.25) is 13.9 Å². The first-order valence-corrected chi connectivity index (χ1v) is 14.9. The van der Waals surface area contributed by atoms with Gasteiger partial charge in [0.1, 0.15) is 18.4 Å². The van der Waals surface area contributed by atoms with E-state index in [0.717, 1.165) is 28.3 Å². The number of nitrogens with zero attached hydrogens (tertiary/aromatic N) is 2. The van der Waals surface area contributed by atoms with Crippen molar-refractivity contribution in [2.75, 3.05) is 23.7 Å². The number of rotatable bonds is 12. The van der Waals surface area contributed by atoms with Crippen molar-refractivity contribution in [1.82, 2.24) is 10.2 Å². The minimum absolute atomic E-state index is 0.109. The van der Waals surface area contributed by atoms with E-state index in [4.69, 9.17) is 23.2 Å². The number of benzene rings is 3. The molecule has 0 radical (unpaired) electrons.